The molecule has 2 aliphatic rings. The summed E-state index contributed by atoms with van der Waals surface area (Å²) < 4.78 is 5.03. The van der Waals surface area contributed by atoms with E-state index in [0.29, 0.717) is 4.88 Å². The number of hydrogen-bond donors (Lipinski definition) is 4. The second kappa shape index (κ2) is 11.5. The van der Waals surface area contributed by atoms with Gasteiger partial charge in [-0.15, -0.1) is 11.3 Å². The Kier molecular flexibility index (Phi) is 8.10. The highest BCUT2D eigenvalue weighted by Crippen LogP contribution is 2.23. The quantitative estimate of drug-likeness (QED) is 0.345. The predicted octanol–water partition coefficient (Wildman–Crippen LogP) is 0.389. The fraction of sp³-hybridized carbons (Fsp3) is 0.417. The average Bonchev–Trinajstić information content (AvgIpc) is 3.67. The van der Waals surface area contributed by atoms with Crippen LogP contribution in [0.15, 0.2) is 40.3 Å². The topological polar surface area (TPSA) is 187 Å². The molecule has 0 bridgehead atoms. The third-order valence-electron chi connectivity index (χ3n) is 6.53. The van der Waals surface area contributed by atoms with Gasteiger partial charge in [0.1, 0.15) is 12.1 Å². The highest BCUT2D eigenvalue weighted by atomic mass is 32.1. The standard InChI is InChI=1S/C24H26N4O9S/c29-19(27-11-13(9-15(27)23(33)34)25-21(31)17-3-1-7-37-17)5-6-20(30)28-12-14(10-16(28)24(35)36)26-22(32)18-4-2-8-38-18/h1-4,7-8,13-16H,5-6,9-12H2,(H,25,31)(H,26,32)(H,33,34)(H,35,36). The minimum atomic E-state index is -1.24. The van der Waals surface area contributed by atoms with Gasteiger partial charge >= 0.3 is 11.9 Å². The van der Waals surface area contributed by atoms with E-state index in [1.165, 1.54) is 29.7 Å². The lowest BCUT2D eigenvalue weighted by atomic mass is 10.1. The number of carbonyl (C=O) groups excluding carboxylic acids is 4. The zero-order valence-electron chi connectivity index (χ0n) is 20.1. The van der Waals surface area contributed by atoms with E-state index in [-0.39, 0.29) is 50.4 Å². The van der Waals surface area contributed by atoms with E-state index in [4.69, 9.17) is 4.42 Å². The molecular formula is C24H26N4O9S. The molecule has 4 amide bonds. The van der Waals surface area contributed by atoms with E-state index in [0.717, 1.165) is 9.80 Å². The fourth-order valence-corrected chi connectivity index (χ4v) is 5.36. The van der Waals surface area contributed by atoms with Crippen molar-refractivity contribution < 1.29 is 43.4 Å². The van der Waals surface area contributed by atoms with E-state index in [9.17, 15) is 39.0 Å². The van der Waals surface area contributed by atoms with Gasteiger partial charge in [0, 0.05) is 50.9 Å². The summed E-state index contributed by atoms with van der Waals surface area (Å²) >= 11 is 1.24. The molecule has 0 aromatic carbocycles. The molecular weight excluding hydrogens is 520 g/mol. The smallest absolute Gasteiger partial charge is 0.326 e. The summed E-state index contributed by atoms with van der Waals surface area (Å²) in [6.45, 7) is -0.0851. The van der Waals surface area contributed by atoms with Gasteiger partial charge in [0.05, 0.1) is 11.1 Å². The van der Waals surface area contributed by atoms with Crippen molar-refractivity contribution in [3.63, 3.8) is 0 Å². The number of aliphatic carboxylic acids is 2. The van der Waals surface area contributed by atoms with Gasteiger partial charge in [-0.3, -0.25) is 19.2 Å². The van der Waals surface area contributed by atoms with Crippen molar-refractivity contribution in [1.82, 2.24) is 20.4 Å². The number of amides is 4. The lowest BCUT2D eigenvalue weighted by Crippen LogP contribution is -2.43. The SMILES string of the molecule is O=C(NC1CC(C(=O)O)N(C(=O)CCC(=O)N2CC(NC(=O)c3cccs3)CC2C(=O)O)C1)c1ccco1. The van der Waals surface area contributed by atoms with Gasteiger partial charge in [0.15, 0.2) is 5.76 Å². The molecule has 14 heteroatoms. The summed E-state index contributed by atoms with van der Waals surface area (Å²) in [5.41, 5.74) is 0. The van der Waals surface area contributed by atoms with E-state index in [1.807, 2.05) is 0 Å². The summed E-state index contributed by atoms with van der Waals surface area (Å²) in [5.74, 6) is -4.51. The molecule has 2 fully saturated rings. The number of nitrogens with one attached hydrogen (secondary N) is 2. The molecule has 4 unspecified atom stereocenters. The largest absolute Gasteiger partial charge is 0.480 e. The minimum absolute atomic E-state index is 0.0136. The van der Waals surface area contributed by atoms with Crippen LogP contribution >= 0.6 is 11.3 Å². The van der Waals surface area contributed by atoms with Crippen molar-refractivity contribution in [3.05, 3.63) is 46.5 Å². The van der Waals surface area contributed by atoms with E-state index < -0.39 is 53.8 Å². The summed E-state index contributed by atoms with van der Waals surface area (Å²) in [5, 5.41) is 26.3. The number of carbonyl (C=O) groups is 6. The van der Waals surface area contributed by atoms with Gasteiger partial charge < -0.3 is 35.1 Å². The van der Waals surface area contributed by atoms with Crippen molar-refractivity contribution in [3.8, 4) is 0 Å². The Morgan fingerprint density at radius 1 is 0.842 bits per heavy atom. The van der Waals surface area contributed by atoms with Crippen LogP contribution in [-0.2, 0) is 19.2 Å². The lowest BCUT2D eigenvalue weighted by molar-refractivity contribution is -0.150. The second-order valence-electron chi connectivity index (χ2n) is 9.07. The van der Waals surface area contributed by atoms with Gasteiger partial charge in [-0.05, 0) is 23.6 Å². The summed E-state index contributed by atoms with van der Waals surface area (Å²) in [6.07, 6.45) is 0.666. The molecule has 0 aliphatic carbocycles. The predicted molar refractivity (Wildman–Crippen MR) is 130 cm³/mol. The Labute approximate surface area is 220 Å². The number of carboxylic acids is 2. The molecule has 38 heavy (non-hydrogen) atoms. The Balaban J connectivity index is 1.33. The van der Waals surface area contributed by atoms with Crippen LogP contribution in [0.4, 0.5) is 0 Å². The lowest BCUT2D eigenvalue weighted by Gasteiger charge is -2.24. The molecule has 0 saturated carbocycles. The van der Waals surface area contributed by atoms with Gasteiger partial charge in [-0.2, -0.15) is 0 Å². The second-order valence-corrected chi connectivity index (χ2v) is 10.0. The van der Waals surface area contributed by atoms with Gasteiger partial charge in [-0.1, -0.05) is 6.07 Å². The first-order valence-corrected chi connectivity index (χ1v) is 12.7. The number of thiophene rings is 1. The maximum atomic E-state index is 12.9. The molecule has 2 aromatic heterocycles. The highest BCUT2D eigenvalue weighted by Gasteiger charge is 2.42. The molecule has 0 radical (unpaired) electrons. The molecule has 2 aliphatic heterocycles. The molecule has 4 atom stereocenters. The third-order valence-corrected chi connectivity index (χ3v) is 7.39. The number of carboxylic acid groups (broad SMARTS) is 2. The van der Waals surface area contributed by atoms with Crippen molar-refractivity contribution in [2.45, 2.75) is 49.9 Å². The number of rotatable bonds is 9. The Morgan fingerprint density at radius 2 is 1.39 bits per heavy atom. The molecule has 4 rings (SSSR count). The molecule has 2 saturated heterocycles. The molecule has 202 valence electrons. The van der Waals surface area contributed by atoms with Gasteiger partial charge in [-0.25, -0.2) is 9.59 Å². The zero-order valence-corrected chi connectivity index (χ0v) is 20.9. The van der Waals surface area contributed by atoms with Crippen LogP contribution in [0.2, 0.25) is 0 Å². The van der Waals surface area contributed by atoms with Crippen LogP contribution in [-0.4, -0.2) is 92.8 Å². The van der Waals surface area contributed by atoms with Crippen LogP contribution in [0.1, 0.15) is 45.9 Å². The highest BCUT2D eigenvalue weighted by molar-refractivity contribution is 7.12. The first-order valence-electron chi connectivity index (χ1n) is 11.9. The van der Waals surface area contributed by atoms with Crippen molar-refractivity contribution in [1.29, 1.82) is 0 Å². The maximum absolute atomic E-state index is 12.9. The minimum Gasteiger partial charge on any atom is -0.480 e. The number of nitrogens with zero attached hydrogens (tertiary/aromatic N) is 2. The number of furan rings is 1. The van der Waals surface area contributed by atoms with E-state index >= 15 is 0 Å². The van der Waals surface area contributed by atoms with Gasteiger partial charge in [0.2, 0.25) is 11.8 Å². The first-order chi connectivity index (χ1) is 18.1. The van der Waals surface area contributed by atoms with Crippen LogP contribution < -0.4 is 10.6 Å². The van der Waals surface area contributed by atoms with Crippen LogP contribution in [0.5, 0.6) is 0 Å². The Morgan fingerprint density at radius 3 is 1.84 bits per heavy atom. The summed E-state index contributed by atoms with van der Waals surface area (Å²) in [6, 6.07) is 2.79. The molecule has 13 nitrogen and oxygen atoms in total. The molecule has 2 aromatic rings. The fourth-order valence-electron chi connectivity index (χ4n) is 4.73. The Hall–Kier alpha value is -4.20. The molecule has 0 spiro atoms. The first kappa shape index (κ1) is 26.9. The van der Waals surface area contributed by atoms with Gasteiger partial charge in [0.25, 0.3) is 11.8 Å². The van der Waals surface area contributed by atoms with Crippen molar-refractivity contribution in [2.75, 3.05) is 13.1 Å². The Bertz CT molecular complexity index is 1120. The van der Waals surface area contributed by atoms with Crippen LogP contribution in [0.3, 0.4) is 0 Å². The third kappa shape index (κ3) is 6.02. The molecule has 4 heterocycles. The molecule has 4 N–H and O–H groups in total. The maximum Gasteiger partial charge on any atom is 0.326 e. The number of hydrogen-bond acceptors (Lipinski definition) is 8. The average molecular weight is 547 g/mol. The number of likely N-dealkylation sites (tertiary alicyclic amines) is 2. The van der Waals surface area contributed by atoms with E-state index in [1.54, 1.807) is 17.5 Å². The monoisotopic (exact) mass is 546 g/mol. The zero-order chi connectivity index (χ0) is 27.4. The van der Waals surface area contributed by atoms with Crippen molar-refractivity contribution in [2.24, 2.45) is 0 Å². The summed E-state index contributed by atoms with van der Waals surface area (Å²) in [4.78, 5) is 76.6. The normalized spacial score (nSPS) is 22.7. The van der Waals surface area contributed by atoms with Crippen LogP contribution in [0.25, 0.3) is 0 Å². The van der Waals surface area contributed by atoms with E-state index in [2.05, 4.69) is 10.6 Å². The van der Waals surface area contributed by atoms with Crippen molar-refractivity contribution >= 4 is 46.9 Å². The summed E-state index contributed by atoms with van der Waals surface area (Å²) in [7, 11) is 0. The van der Waals surface area contributed by atoms with Crippen LogP contribution in [0, 0.1) is 0 Å².